The van der Waals surface area contributed by atoms with Crippen LogP contribution in [0.1, 0.15) is 32.6 Å². The van der Waals surface area contributed by atoms with Gasteiger partial charge in [-0.15, -0.1) is 0 Å². The molecule has 0 radical (unpaired) electrons. The summed E-state index contributed by atoms with van der Waals surface area (Å²) in [5.74, 6) is -0.305. The van der Waals surface area contributed by atoms with Gasteiger partial charge in [0.25, 0.3) is 0 Å². The van der Waals surface area contributed by atoms with E-state index in [1.165, 1.54) is 0 Å². The van der Waals surface area contributed by atoms with Crippen molar-refractivity contribution in [2.45, 2.75) is 50.8 Å². The molecule has 1 rings (SSSR count). The topological polar surface area (TPSA) is 78.3 Å². The third kappa shape index (κ3) is 3.32. The second kappa shape index (κ2) is 4.58. The van der Waals surface area contributed by atoms with E-state index in [1.54, 1.807) is 6.92 Å². The summed E-state index contributed by atoms with van der Waals surface area (Å²) in [6.45, 7) is 1.64. The molecule has 4 N–H and O–H groups in total. The van der Waals surface area contributed by atoms with Crippen LogP contribution in [-0.4, -0.2) is 24.2 Å². The summed E-state index contributed by atoms with van der Waals surface area (Å²) in [5.41, 5.74) is 11.1. The fourth-order valence-corrected chi connectivity index (χ4v) is 1.48. The highest BCUT2D eigenvalue weighted by molar-refractivity contribution is 5.75. The van der Waals surface area contributed by atoms with Crippen LogP contribution in [0.3, 0.4) is 0 Å². The molecule has 0 aliphatic heterocycles. The quantitative estimate of drug-likeness (QED) is 0.601. The second-order valence-electron chi connectivity index (χ2n) is 3.76. The first-order valence-corrected chi connectivity index (χ1v) is 4.81. The summed E-state index contributed by atoms with van der Waals surface area (Å²) >= 11 is 0. The van der Waals surface area contributed by atoms with Crippen LogP contribution in [0.15, 0.2) is 0 Å². The van der Waals surface area contributed by atoms with Crippen LogP contribution in [0.4, 0.5) is 0 Å². The van der Waals surface area contributed by atoms with Gasteiger partial charge in [-0.3, -0.25) is 4.79 Å². The lowest BCUT2D eigenvalue weighted by Gasteiger charge is -2.26. The molecular formula is C9H18N2O2. The SMILES string of the molecule is C[C@H](N)C(=O)OC1CCC(N)CC1. The van der Waals surface area contributed by atoms with Gasteiger partial charge in [-0.1, -0.05) is 0 Å². The van der Waals surface area contributed by atoms with Gasteiger partial charge >= 0.3 is 5.97 Å². The van der Waals surface area contributed by atoms with E-state index >= 15 is 0 Å². The number of rotatable bonds is 2. The predicted molar refractivity (Wildman–Crippen MR) is 50.0 cm³/mol. The van der Waals surface area contributed by atoms with Crippen molar-refractivity contribution in [3.8, 4) is 0 Å². The Morgan fingerprint density at radius 2 is 1.92 bits per heavy atom. The zero-order chi connectivity index (χ0) is 9.84. The van der Waals surface area contributed by atoms with Crippen molar-refractivity contribution in [1.82, 2.24) is 0 Å². The molecule has 0 aromatic carbocycles. The molecule has 1 fully saturated rings. The van der Waals surface area contributed by atoms with Gasteiger partial charge in [0.2, 0.25) is 0 Å². The highest BCUT2D eigenvalue weighted by Gasteiger charge is 2.22. The van der Waals surface area contributed by atoms with Crippen LogP contribution < -0.4 is 11.5 Å². The van der Waals surface area contributed by atoms with Crippen LogP contribution >= 0.6 is 0 Å². The van der Waals surface area contributed by atoms with Crippen molar-refractivity contribution in [2.24, 2.45) is 11.5 Å². The lowest BCUT2D eigenvalue weighted by atomic mass is 9.94. The molecule has 0 amide bonds. The molecule has 13 heavy (non-hydrogen) atoms. The largest absolute Gasteiger partial charge is 0.461 e. The van der Waals surface area contributed by atoms with E-state index in [1.807, 2.05) is 0 Å². The third-order valence-corrected chi connectivity index (χ3v) is 2.37. The Bertz CT molecular complexity index is 174. The standard InChI is InChI=1S/C9H18N2O2/c1-6(10)9(12)13-8-4-2-7(11)3-5-8/h6-8H,2-5,10-11H2,1H3/t6-,7?,8?/m0/s1. The van der Waals surface area contributed by atoms with Crippen LogP contribution in [0.25, 0.3) is 0 Å². The van der Waals surface area contributed by atoms with Gasteiger partial charge in [0.1, 0.15) is 12.1 Å². The molecule has 0 spiro atoms. The van der Waals surface area contributed by atoms with E-state index in [4.69, 9.17) is 16.2 Å². The maximum Gasteiger partial charge on any atom is 0.322 e. The highest BCUT2D eigenvalue weighted by atomic mass is 16.5. The molecule has 76 valence electrons. The van der Waals surface area contributed by atoms with Gasteiger partial charge in [0.15, 0.2) is 0 Å². The van der Waals surface area contributed by atoms with Crippen molar-refractivity contribution in [3.63, 3.8) is 0 Å². The number of nitrogens with two attached hydrogens (primary N) is 2. The van der Waals surface area contributed by atoms with E-state index in [-0.39, 0.29) is 18.1 Å². The molecule has 0 bridgehead atoms. The molecule has 4 nitrogen and oxygen atoms in total. The van der Waals surface area contributed by atoms with Gasteiger partial charge in [-0.2, -0.15) is 0 Å². The number of hydrogen-bond acceptors (Lipinski definition) is 4. The van der Waals surface area contributed by atoms with Gasteiger partial charge in [0, 0.05) is 6.04 Å². The average molecular weight is 186 g/mol. The van der Waals surface area contributed by atoms with Crippen molar-refractivity contribution in [3.05, 3.63) is 0 Å². The minimum absolute atomic E-state index is 0.0401. The van der Waals surface area contributed by atoms with Crippen molar-refractivity contribution in [1.29, 1.82) is 0 Å². The number of esters is 1. The molecule has 0 unspecified atom stereocenters. The maximum atomic E-state index is 11.1. The summed E-state index contributed by atoms with van der Waals surface area (Å²) in [4.78, 5) is 11.1. The van der Waals surface area contributed by atoms with Gasteiger partial charge < -0.3 is 16.2 Å². The highest BCUT2D eigenvalue weighted by Crippen LogP contribution is 2.19. The van der Waals surface area contributed by atoms with Crippen molar-refractivity contribution >= 4 is 5.97 Å². The van der Waals surface area contributed by atoms with Crippen LogP contribution in [0, 0.1) is 0 Å². The third-order valence-electron chi connectivity index (χ3n) is 2.37. The van der Waals surface area contributed by atoms with Crippen LogP contribution in [-0.2, 0) is 9.53 Å². The molecular weight excluding hydrogens is 168 g/mol. The van der Waals surface area contributed by atoms with E-state index < -0.39 is 6.04 Å². The molecule has 1 atom stereocenters. The summed E-state index contributed by atoms with van der Waals surface area (Å²) < 4.78 is 5.18. The van der Waals surface area contributed by atoms with Crippen molar-refractivity contribution < 1.29 is 9.53 Å². The fraction of sp³-hybridized carbons (Fsp3) is 0.889. The minimum Gasteiger partial charge on any atom is -0.461 e. The molecule has 1 aliphatic carbocycles. The Kier molecular flexibility index (Phi) is 3.69. The van der Waals surface area contributed by atoms with E-state index in [9.17, 15) is 4.79 Å². The first-order chi connectivity index (χ1) is 6.09. The normalized spacial score (nSPS) is 31.0. The lowest BCUT2D eigenvalue weighted by Crippen LogP contribution is -2.36. The van der Waals surface area contributed by atoms with E-state index in [0.29, 0.717) is 0 Å². The Morgan fingerprint density at radius 1 is 1.38 bits per heavy atom. The van der Waals surface area contributed by atoms with Gasteiger partial charge in [-0.05, 0) is 32.6 Å². The molecule has 0 aromatic heterocycles. The molecule has 1 saturated carbocycles. The lowest BCUT2D eigenvalue weighted by molar-refractivity contribution is -0.151. The van der Waals surface area contributed by atoms with Crippen LogP contribution in [0.5, 0.6) is 0 Å². The molecule has 0 aromatic rings. The maximum absolute atomic E-state index is 11.1. The first kappa shape index (κ1) is 10.5. The van der Waals surface area contributed by atoms with Crippen molar-refractivity contribution in [2.75, 3.05) is 0 Å². The summed E-state index contributed by atoms with van der Waals surface area (Å²) in [7, 11) is 0. The molecule has 4 heteroatoms. The number of carbonyl (C=O) groups is 1. The number of carbonyl (C=O) groups excluding carboxylic acids is 1. The Labute approximate surface area is 78.6 Å². The molecule has 0 heterocycles. The zero-order valence-electron chi connectivity index (χ0n) is 8.03. The summed E-state index contributed by atoms with van der Waals surface area (Å²) in [5, 5.41) is 0. The van der Waals surface area contributed by atoms with Crippen LogP contribution in [0.2, 0.25) is 0 Å². The van der Waals surface area contributed by atoms with Gasteiger partial charge in [0.05, 0.1) is 0 Å². The zero-order valence-corrected chi connectivity index (χ0v) is 8.03. The first-order valence-electron chi connectivity index (χ1n) is 4.81. The monoisotopic (exact) mass is 186 g/mol. The Morgan fingerprint density at radius 3 is 2.38 bits per heavy atom. The number of hydrogen-bond donors (Lipinski definition) is 2. The Balaban J connectivity index is 2.26. The minimum atomic E-state index is -0.518. The molecule has 1 aliphatic rings. The second-order valence-corrected chi connectivity index (χ2v) is 3.76. The van der Waals surface area contributed by atoms with E-state index in [0.717, 1.165) is 25.7 Å². The summed E-state index contributed by atoms with van der Waals surface area (Å²) in [6, 6.07) is -0.235. The smallest absolute Gasteiger partial charge is 0.322 e. The molecule has 0 saturated heterocycles. The predicted octanol–water partition coefficient (Wildman–Crippen LogP) is 0.147. The Hall–Kier alpha value is -0.610. The van der Waals surface area contributed by atoms with E-state index in [2.05, 4.69) is 0 Å². The average Bonchev–Trinajstić information content (AvgIpc) is 2.08. The number of ether oxygens (including phenoxy) is 1. The summed E-state index contributed by atoms with van der Waals surface area (Å²) in [6.07, 6.45) is 3.67. The van der Waals surface area contributed by atoms with Gasteiger partial charge in [-0.25, -0.2) is 0 Å². The fourth-order valence-electron chi connectivity index (χ4n) is 1.48.